The fourth-order valence-corrected chi connectivity index (χ4v) is 6.13. The third-order valence-electron chi connectivity index (χ3n) is 6.47. The lowest BCUT2D eigenvalue weighted by atomic mass is 10.0. The van der Waals surface area contributed by atoms with E-state index in [0.29, 0.717) is 5.57 Å². The minimum Gasteiger partial charge on any atom is -0.543 e. The summed E-state index contributed by atoms with van der Waals surface area (Å²) >= 11 is 2.07. The van der Waals surface area contributed by atoms with Crippen molar-refractivity contribution in [3.8, 4) is 0 Å². The fraction of sp³-hybridized carbons (Fsp3) is 0.455. The molecule has 0 aromatic carbocycles. The summed E-state index contributed by atoms with van der Waals surface area (Å²) in [4.78, 5) is 60.0. The van der Waals surface area contributed by atoms with Crippen LogP contribution in [0.2, 0.25) is 0 Å². The second kappa shape index (κ2) is 10.4. The number of aromatic nitrogens is 4. The number of anilines is 2. The van der Waals surface area contributed by atoms with Crippen LogP contribution in [0.3, 0.4) is 0 Å². The molecule has 5 rings (SSSR count). The molecule has 1 fully saturated rings. The molecule has 2 aromatic rings. The minimum absolute atomic E-state index is 0.0240. The van der Waals surface area contributed by atoms with Crippen molar-refractivity contribution < 1.29 is 38.9 Å². The molecule has 3 aliphatic heterocycles. The smallest absolute Gasteiger partial charge is 0.350 e. The van der Waals surface area contributed by atoms with Gasteiger partial charge in [0.15, 0.2) is 23.7 Å². The van der Waals surface area contributed by atoms with Gasteiger partial charge in [-0.2, -0.15) is 9.36 Å². The molecule has 40 heavy (non-hydrogen) atoms. The summed E-state index contributed by atoms with van der Waals surface area (Å²) < 4.78 is 7.83. The van der Waals surface area contributed by atoms with Crippen LogP contribution in [0.1, 0.15) is 26.1 Å². The number of carbonyl (C=O) groups is 4. The van der Waals surface area contributed by atoms with Crippen LogP contribution in [0.25, 0.3) is 0 Å². The zero-order valence-electron chi connectivity index (χ0n) is 21.3. The molecule has 2 amide bonds. The number of hydrogen-bond donors (Lipinski definition) is 4. The maximum Gasteiger partial charge on any atom is 0.350 e. The monoisotopic (exact) mass is 591 g/mol. The third-order valence-corrected chi connectivity index (χ3v) is 8.36. The number of nitrogen functional groups attached to an aromatic ring is 1. The Morgan fingerprint density at radius 1 is 1.43 bits per heavy atom. The van der Waals surface area contributed by atoms with Crippen LogP contribution in [0.5, 0.6) is 0 Å². The highest BCUT2D eigenvalue weighted by molar-refractivity contribution is 8.00. The van der Waals surface area contributed by atoms with Gasteiger partial charge in [-0.3, -0.25) is 14.5 Å². The lowest BCUT2D eigenvalue weighted by molar-refractivity contribution is -0.768. The van der Waals surface area contributed by atoms with E-state index >= 15 is 0 Å². The standard InChI is InChI=1S/C22H25N9O7S2/c1-22(2,20(36)37)38-27-12(15-26-21(23)40-28-15)16(32)25-13-17(33)31-14(19(34)35)10(9-39-18(13)31)8-29-7-4-11-24-5-3-6-30(11)29/h4,7,13,18H,3,5-6,8-9H2,1-2H3,(H5,23,25,26,28,32,34,35,36,37)/t13-,18-/m1/s1. The van der Waals surface area contributed by atoms with E-state index in [-0.39, 0.29) is 29.0 Å². The molecule has 5 heterocycles. The normalized spacial score (nSPS) is 20.7. The first-order valence-corrected chi connectivity index (χ1v) is 13.9. The van der Waals surface area contributed by atoms with E-state index in [1.807, 2.05) is 21.6 Å². The molecule has 2 atom stereocenters. The van der Waals surface area contributed by atoms with E-state index in [2.05, 4.69) is 25.1 Å². The van der Waals surface area contributed by atoms with Gasteiger partial charge in [0, 0.05) is 29.4 Å². The van der Waals surface area contributed by atoms with E-state index < -0.39 is 46.5 Å². The van der Waals surface area contributed by atoms with Gasteiger partial charge < -0.3 is 36.2 Å². The first-order valence-electron chi connectivity index (χ1n) is 12.1. The van der Waals surface area contributed by atoms with Gasteiger partial charge in [0.05, 0.1) is 24.3 Å². The summed E-state index contributed by atoms with van der Waals surface area (Å²) in [5.41, 5.74) is 3.63. The second-order valence-corrected chi connectivity index (χ2v) is 11.5. The molecule has 212 valence electrons. The first-order chi connectivity index (χ1) is 19.0. The SMILES string of the molecule is CC(C)(ON=C(C(=O)N[C@@H]1C(=O)N2C(C(=O)[O-])=C(C[n+]3ccc4n3CCCN4)CS[C@H]12)c1nsc(N)n1)C(=O)O. The van der Waals surface area contributed by atoms with Crippen molar-refractivity contribution in [2.24, 2.45) is 5.16 Å². The number of nitrogens with two attached hydrogens (primary N) is 1. The molecule has 3 aliphatic rings. The maximum atomic E-state index is 13.2. The van der Waals surface area contributed by atoms with Crippen molar-refractivity contribution in [3.63, 3.8) is 0 Å². The predicted molar refractivity (Wildman–Crippen MR) is 138 cm³/mol. The summed E-state index contributed by atoms with van der Waals surface area (Å²) in [5, 5.41) is 30.2. The lowest BCUT2D eigenvalue weighted by Crippen LogP contribution is -2.71. The van der Waals surface area contributed by atoms with Gasteiger partial charge in [0.2, 0.25) is 17.1 Å². The van der Waals surface area contributed by atoms with Crippen LogP contribution in [0.4, 0.5) is 10.9 Å². The highest BCUT2D eigenvalue weighted by atomic mass is 32.2. The molecule has 0 aliphatic carbocycles. The topological polar surface area (TPSA) is 221 Å². The van der Waals surface area contributed by atoms with E-state index in [1.54, 1.807) is 0 Å². The van der Waals surface area contributed by atoms with Crippen molar-refractivity contribution >= 4 is 63.7 Å². The van der Waals surface area contributed by atoms with Crippen molar-refractivity contribution in [2.45, 2.75) is 50.4 Å². The Bertz CT molecular complexity index is 1460. The largest absolute Gasteiger partial charge is 0.543 e. The number of nitrogens with zero attached hydrogens (tertiary/aromatic N) is 6. The van der Waals surface area contributed by atoms with Gasteiger partial charge in [-0.15, -0.1) is 21.1 Å². The zero-order chi connectivity index (χ0) is 28.8. The Kier molecular flexibility index (Phi) is 7.13. The number of β-lactam (4-membered cyclic amide) rings is 1. The third kappa shape index (κ3) is 4.94. The Hall–Kier alpha value is -4.19. The molecule has 0 saturated carbocycles. The van der Waals surface area contributed by atoms with Crippen LogP contribution >= 0.6 is 23.3 Å². The zero-order valence-corrected chi connectivity index (χ0v) is 23.0. The molecule has 0 bridgehead atoms. The Balaban J connectivity index is 1.36. The number of amides is 2. The van der Waals surface area contributed by atoms with Crippen LogP contribution in [0.15, 0.2) is 28.7 Å². The van der Waals surface area contributed by atoms with Crippen molar-refractivity contribution in [1.82, 2.24) is 24.3 Å². The molecule has 18 heteroatoms. The van der Waals surface area contributed by atoms with Crippen LogP contribution in [-0.4, -0.2) is 82.8 Å². The van der Waals surface area contributed by atoms with Gasteiger partial charge in [0.1, 0.15) is 11.4 Å². The Morgan fingerprint density at radius 2 is 2.20 bits per heavy atom. The molecular weight excluding hydrogens is 566 g/mol. The molecule has 0 spiro atoms. The Morgan fingerprint density at radius 3 is 2.88 bits per heavy atom. The van der Waals surface area contributed by atoms with Crippen LogP contribution < -0.4 is 26.2 Å². The second-order valence-electron chi connectivity index (χ2n) is 9.61. The number of hydrogen-bond acceptors (Lipinski definition) is 13. The predicted octanol–water partition coefficient (Wildman–Crippen LogP) is -2.29. The average molecular weight is 592 g/mol. The van der Waals surface area contributed by atoms with Crippen molar-refractivity contribution in [1.29, 1.82) is 0 Å². The van der Waals surface area contributed by atoms with E-state index in [0.717, 1.165) is 41.8 Å². The molecule has 2 aromatic heterocycles. The quantitative estimate of drug-likeness (QED) is 0.105. The highest BCUT2D eigenvalue weighted by Crippen LogP contribution is 2.40. The highest BCUT2D eigenvalue weighted by Gasteiger charge is 2.53. The maximum absolute atomic E-state index is 13.2. The number of carbonyl (C=O) groups excluding carboxylic acids is 3. The van der Waals surface area contributed by atoms with Gasteiger partial charge in [-0.1, -0.05) is 5.16 Å². The number of thioether (sulfide) groups is 1. The van der Waals surface area contributed by atoms with Gasteiger partial charge >= 0.3 is 5.97 Å². The summed E-state index contributed by atoms with van der Waals surface area (Å²) in [5.74, 6) is -3.41. The first kappa shape index (κ1) is 27.4. The molecule has 0 radical (unpaired) electrons. The number of carboxylic acids is 2. The summed E-state index contributed by atoms with van der Waals surface area (Å²) in [6.45, 7) is 4.33. The molecule has 16 nitrogen and oxygen atoms in total. The molecule has 1 saturated heterocycles. The van der Waals surface area contributed by atoms with Crippen LogP contribution in [0, 0.1) is 0 Å². The number of oxime groups is 1. The van der Waals surface area contributed by atoms with E-state index in [1.165, 1.54) is 25.6 Å². The van der Waals surface area contributed by atoms with Gasteiger partial charge in [-0.05, 0) is 20.3 Å². The number of nitrogens with one attached hydrogen (secondary N) is 2. The van der Waals surface area contributed by atoms with Crippen molar-refractivity contribution in [2.75, 3.05) is 23.3 Å². The summed E-state index contributed by atoms with van der Waals surface area (Å²) in [6.07, 6.45) is 2.77. The minimum atomic E-state index is -1.78. The van der Waals surface area contributed by atoms with E-state index in [9.17, 15) is 29.4 Å². The van der Waals surface area contributed by atoms with Crippen LogP contribution in [-0.2, 0) is 37.1 Å². The molecule has 5 N–H and O–H groups in total. The summed E-state index contributed by atoms with van der Waals surface area (Å²) in [6, 6.07) is 0.808. The summed E-state index contributed by atoms with van der Waals surface area (Å²) in [7, 11) is 0. The van der Waals surface area contributed by atoms with Gasteiger partial charge in [0.25, 0.3) is 11.8 Å². The Labute approximate surface area is 235 Å². The number of rotatable bonds is 9. The molecular formula is C22H25N9O7S2. The average Bonchev–Trinajstić information content (AvgIpc) is 3.53. The number of aliphatic carboxylic acids is 2. The van der Waals surface area contributed by atoms with Gasteiger partial charge in [-0.25, -0.2) is 4.79 Å². The molecule has 0 unspecified atom stereocenters. The lowest BCUT2D eigenvalue weighted by Gasteiger charge is -2.50. The number of fused-ring (bicyclic) bond motifs is 2. The fourth-order valence-electron chi connectivity index (χ4n) is 4.36. The van der Waals surface area contributed by atoms with Crippen molar-refractivity contribution in [3.05, 3.63) is 29.4 Å². The number of carboxylic acid groups (broad SMARTS) is 2. The van der Waals surface area contributed by atoms with E-state index in [4.69, 9.17) is 10.6 Å².